The van der Waals surface area contributed by atoms with Crippen LogP contribution in [0.3, 0.4) is 0 Å². The lowest BCUT2D eigenvalue weighted by molar-refractivity contribution is -0.143. The van der Waals surface area contributed by atoms with E-state index in [0.717, 1.165) is 15.3 Å². The van der Waals surface area contributed by atoms with Gasteiger partial charge in [0.15, 0.2) is 9.84 Å². The number of thiophene rings is 1. The summed E-state index contributed by atoms with van der Waals surface area (Å²) in [4.78, 5) is 14.5. The molecule has 1 unspecified atom stereocenters. The highest BCUT2D eigenvalue weighted by atomic mass is 32.2. The number of rotatable bonds is 5. The molecule has 0 aliphatic carbocycles. The fraction of sp³-hybridized carbons (Fsp3) is 0.316. The number of sulfone groups is 1. The van der Waals surface area contributed by atoms with Gasteiger partial charge in [0.2, 0.25) is 0 Å². The van der Waals surface area contributed by atoms with Crippen molar-refractivity contribution in [2.24, 2.45) is 0 Å². The zero-order valence-electron chi connectivity index (χ0n) is 15.1. The molecule has 1 aromatic carbocycles. The van der Waals surface area contributed by atoms with Gasteiger partial charge in [0.25, 0.3) is 5.91 Å². The molecular weight excluding hydrogens is 387 g/mol. The van der Waals surface area contributed by atoms with Crippen molar-refractivity contribution in [3.63, 3.8) is 0 Å². The molecule has 8 heteroatoms. The van der Waals surface area contributed by atoms with E-state index in [9.17, 15) is 17.6 Å². The maximum absolute atomic E-state index is 13.0. The van der Waals surface area contributed by atoms with Gasteiger partial charge in [0, 0.05) is 29.9 Å². The quantitative estimate of drug-likeness (QED) is 0.564. The monoisotopic (exact) mass is 408 g/mol. The second-order valence-electron chi connectivity index (χ2n) is 6.63. The van der Waals surface area contributed by atoms with E-state index in [0.29, 0.717) is 6.42 Å². The summed E-state index contributed by atoms with van der Waals surface area (Å²) in [6.07, 6.45) is 3.64. The van der Waals surface area contributed by atoms with Crippen molar-refractivity contribution in [1.29, 1.82) is 0 Å². The van der Waals surface area contributed by atoms with Gasteiger partial charge in [-0.05, 0) is 42.3 Å². The molecule has 5 nitrogen and oxygen atoms in total. The molecule has 3 rings (SSSR count). The van der Waals surface area contributed by atoms with E-state index in [-0.39, 0.29) is 29.3 Å². The molecule has 0 N–H and O–H groups in total. The van der Waals surface area contributed by atoms with Crippen molar-refractivity contribution in [2.75, 3.05) is 25.6 Å². The molecule has 0 bridgehead atoms. The lowest BCUT2D eigenvalue weighted by Gasteiger charge is -2.32. The first-order valence-corrected chi connectivity index (χ1v) is 11.1. The van der Waals surface area contributed by atoms with Gasteiger partial charge >= 0.3 is 0 Å². The summed E-state index contributed by atoms with van der Waals surface area (Å²) >= 11 is 1.50. The van der Waals surface area contributed by atoms with Gasteiger partial charge in [-0.15, -0.1) is 11.3 Å². The summed E-state index contributed by atoms with van der Waals surface area (Å²) in [5.41, 5.74) is 0.915. The molecular formula is C19H21FN2O3S2. The van der Waals surface area contributed by atoms with E-state index >= 15 is 0 Å². The maximum Gasteiger partial charge on any atom is 0.261 e. The normalized spacial score (nSPS) is 19.0. The van der Waals surface area contributed by atoms with Crippen molar-refractivity contribution < 1.29 is 17.6 Å². The molecule has 144 valence electrons. The summed E-state index contributed by atoms with van der Waals surface area (Å²) in [6.45, 7) is 0. The average Bonchev–Trinajstić information content (AvgIpc) is 3.20. The van der Waals surface area contributed by atoms with Crippen LogP contribution in [0.25, 0.3) is 16.5 Å². The summed E-state index contributed by atoms with van der Waals surface area (Å²) < 4.78 is 36.5. The number of halogens is 1. The van der Waals surface area contributed by atoms with Crippen LogP contribution >= 0.6 is 11.3 Å². The third-order valence-electron chi connectivity index (χ3n) is 4.36. The van der Waals surface area contributed by atoms with Crippen LogP contribution in [0.2, 0.25) is 0 Å². The minimum atomic E-state index is -3.07. The van der Waals surface area contributed by atoms with E-state index in [1.807, 2.05) is 12.1 Å². The molecule has 1 aromatic heterocycles. The Hall–Kier alpha value is -2.03. The molecule has 0 spiro atoms. The van der Waals surface area contributed by atoms with Gasteiger partial charge in [-0.25, -0.2) is 17.8 Å². The van der Waals surface area contributed by atoms with Crippen molar-refractivity contribution in [3.8, 4) is 10.4 Å². The van der Waals surface area contributed by atoms with Crippen LogP contribution < -0.4 is 0 Å². The van der Waals surface area contributed by atoms with E-state index in [1.54, 1.807) is 37.3 Å². The van der Waals surface area contributed by atoms with Crippen LogP contribution in [0.5, 0.6) is 0 Å². The summed E-state index contributed by atoms with van der Waals surface area (Å²) in [6, 6.07) is 9.75. The van der Waals surface area contributed by atoms with E-state index < -0.39 is 9.84 Å². The first-order valence-electron chi connectivity index (χ1n) is 8.50. The minimum absolute atomic E-state index is 0.00151. The van der Waals surface area contributed by atoms with Crippen molar-refractivity contribution >= 4 is 33.2 Å². The maximum atomic E-state index is 13.0. The first kappa shape index (κ1) is 19.7. The van der Waals surface area contributed by atoms with E-state index in [4.69, 9.17) is 0 Å². The molecule has 0 radical (unpaired) electrons. The number of benzene rings is 1. The van der Waals surface area contributed by atoms with Crippen molar-refractivity contribution in [1.82, 2.24) is 10.0 Å². The highest BCUT2D eigenvalue weighted by molar-refractivity contribution is 7.91. The number of hydrogen-bond donors (Lipinski definition) is 0. The largest absolute Gasteiger partial charge is 0.268 e. The zero-order chi connectivity index (χ0) is 19.6. The fourth-order valence-electron chi connectivity index (χ4n) is 3.11. The van der Waals surface area contributed by atoms with Crippen LogP contribution in [0, 0.1) is 5.82 Å². The first-order chi connectivity index (χ1) is 12.7. The van der Waals surface area contributed by atoms with Gasteiger partial charge in [-0.2, -0.15) is 0 Å². The number of carbonyl (C=O) groups excluding carboxylic acids is 1. The Morgan fingerprint density at radius 1 is 1.19 bits per heavy atom. The Morgan fingerprint density at radius 3 is 2.48 bits per heavy atom. The van der Waals surface area contributed by atoms with Crippen LogP contribution in [0.1, 0.15) is 11.3 Å². The fourth-order valence-corrected chi connectivity index (χ4v) is 5.72. The van der Waals surface area contributed by atoms with E-state index in [1.165, 1.54) is 34.6 Å². The summed E-state index contributed by atoms with van der Waals surface area (Å²) in [5.74, 6) is -0.416. The zero-order valence-corrected chi connectivity index (χ0v) is 16.8. The number of carbonyl (C=O) groups is 1. The number of amides is 1. The van der Waals surface area contributed by atoms with Gasteiger partial charge in [-0.1, -0.05) is 12.1 Å². The highest BCUT2D eigenvalue weighted by Crippen LogP contribution is 2.29. The van der Waals surface area contributed by atoms with Crippen LogP contribution in [-0.4, -0.2) is 56.0 Å². The lowest BCUT2D eigenvalue weighted by Crippen LogP contribution is -2.48. The van der Waals surface area contributed by atoms with Crippen LogP contribution in [-0.2, 0) is 14.6 Å². The SMILES string of the molecule is CN(C)N(C(=O)/C=C/c1ccc(-c2ccc(F)cc2)s1)C1CCS(=O)(=O)C1. The molecule has 2 heterocycles. The molecule has 1 aliphatic rings. The molecule has 2 aromatic rings. The van der Waals surface area contributed by atoms with Gasteiger partial charge in [-0.3, -0.25) is 9.80 Å². The van der Waals surface area contributed by atoms with Crippen LogP contribution in [0.15, 0.2) is 42.5 Å². The predicted octanol–water partition coefficient (Wildman–Crippen LogP) is 3.06. The Labute approximate surface area is 162 Å². The summed E-state index contributed by atoms with van der Waals surface area (Å²) in [5, 5.41) is 3.13. The van der Waals surface area contributed by atoms with Crippen molar-refractivity contribution in [3.05, 3.63) is 53.2 Å². The molecule has 1 amide bonds. The molecule has 1 saturated heterocycles. The number of hydrazine groups is 1. The number of nitrogens with zero attached hydrogens (tertiary/aromatic N) is 2. The molecule has 1 fully saturated rings. The second-order valence-corrected chi connectivity index (χ2v) is 9.97. The lowest BCUT2D eigenvalue weighted by atomic mass is 10.2. The standard InChI is InChI=1S/C19H21FN2O3S2/c1-21(2)22(16-11-12-27(24,25)13-16)19(23)10-8-17-7-9-18(26-17)14-3-5-15(20)6-4-14/h3-10,16H,11-13H2,1-2H3/b10-8+. The molecule has 0 saturated carbocycles. The third-order valence-corrected chi connectivity index (χ3v) is 7.21. The van der Waals surface area contributed by atoms with Gasteiger partial charge < -0.3 is 0 Å². The molecule has 1 aliphatic heterocycles. The highest BCUT2D eigenvalue weighted by Gasteiger charge is 2.35. The Kier molecular flexibility index (Phi) is 5.78. The number of hydrogen-bond acceptors (Lipinski definition) is 5. The summed E-state index contributed by atoms with van der Waals surface area (Å²) in [7, 11) is 0.387. The Balaban J connectivity index is 1.72. The third kappa shape index (κ3) is 4.82. The topological polar surface area (TPSA) is 57.7 Å². The van der Waals surface area contributed by atoms with E-state index in [2.05, 4.69) is 0 Å². The second kappa shape index (κ2) is 7.92. The molecule has 27 heavy (non-hydrogen) atoms. The predicted molar refractivity (Wildman–Crippen MR) is 106 cm³/mol. The Morgan fingerprint density at radius 2 is 1.89 bits per heavy atom. The van der Waals surface area contributed by atoms with Gasteiger partial charge in [0.05, 0.1) is 17.5 Å². The Bertz CT molecular complexity index is 950. The van der Waals surface area contributed by atoms with Gasteiger partial charge in [0.1, 0.15) is 5.82 Å². The van der Waals surface area contributed by atoms with Crippen molar-refractivity contribution in [2.45, 2.75) is 12.5 Å². The minimum Gasteiger partial charge on any atom is -0.268 e. The van der Waals surface area contributed by atoms with Crippen LogP contribution in [0.4, 0.5) is 4.39 Å². The smallest absolute Gasteiger partial charge is 0.261 e. The average molecular weight is 409 g/mol. The molecule has 1 atom stereocenters.